The van der Waals surface area contributed by atoms with E-state index in [9.17, 15) is 9.59 Å². The molecule has 1 aromatic carbocycles. The van der Waals surface area contributed by atoms with E-state index in [0.29, 0.717) is 29.1 Å². The average molecular weight is 362 g/mol. The molecule has 2 atom stereocenters. The number of carbonyl (C=O) groups is 1. The summed E-state index contributed by atoms with van der Waals surface area (Å²) < 4.78 is 7.19. The maximum absolute atomic E-state index is 12.8. The maximum Gasteiger partial charge on any atom is 0.261 e. The molecular weight excluding hydrogens is 342 g/mol. The van der Waals surface area contributed by atoms with E-state index in [2.05, 4.69) is 4.98 Å². The molecule has 132 valence electrons. The fraction of sp³-hybridized carbons (Fsp3) is 0.500. The van der Waals surface area contributed by atoms with Crippen LogP contribution in [0.4, 0.5) is 0 Å². The van der Waals surface area contributed by atoms with Crippen molar-refractivity contribution in [1.29, 1.82) is 0 Å². The number of rotatable bonds is 2. The van der Waals surface area contributed by atoms with Gasteiger partial charge in [0.15, 0.2) is 0 Å². The molecule has 0 radical (unpaired) electrons. The molecule has 1 saturated carbocycles. The lowest BCUT2D eigenvalue weighted by Gasteiger charge is -2.43. The van der Waals surface area contributed by atoms with Gasteiger partial charge in [0, 0.05) is 11.6 Å². The third-order valence-corrected chi connectivity index (χ3v) is 5.38. The van der Waals surface area contributed by atoms with Crippen molar-refractivity contribution in [2.24, 2.45) is 0 Å². The number of aromatic nitrogens is 2. The van der Waals surface area contributed by atoms with Gasteiger partial charge in [0.2, 0.25) is 5.91 Å². The number of ether oxygens (including phenoxy) is 1. The zero-order chi connectivity index (χ0) is 17.4. The van der Waals surface area contributed by atoms with Crippen LogP contribution in [0.1, 0.15) is 25.7 Å². The largest absolute Gasteiger partial charge is 0.374 e. The van der Waals surface area contributed by atoms with Gasteiger partial charge in [-0.2, -0.15) is 0 Å². The highest BCUT2D eigenvalue weighted by Crippen LogP contribution is 2.28. The minimum atomic E-state index is -0.241. The van der Waals surface area contributed by atoms with Crippen LogP contribution in [0.2, 0.25) is 5.02 Å². The van der Waals surface area contributed by atoms with Crippen molar-refractivity contribution in [1.82, 2.24) is 14.5 Å². The smallest absolute Gasteiger partial charge is 0.261 e. The van der Waals surface area contributed by atoms with Crippen LogP contribution in [0, 0.1) is 0 Å². The van der Waals surface area contributed by atoms with Crippen LogP contribution in [0.25, 0.3) is 10.9 Å². The van der Waals surface area contributed by atoms with Crippen LogP contribution < -0.4 is 5.56 Å². The summed E-state index contributed by atoms with van der Waals surface area (Å²) in [7, 11) is 0. The van der Waals surface area contributed by atoms with Crippen LogP contribution >= 0.6 is 11.6 Å². The number of hydrogen-bond donors (Lipinski definition) is 0. The Hall–Kier alpha value is -1.92. The molecule has 2 fully saturated rings. The molecule has 1 aliphatic carbocycles. The number of amides is 1. The molecule has 2 unspecified atom stereocenters. The Balaban J connectivity index is 1.59. The first-order valence-corrected chi connectivity index (χ1v) is 9.07. The number of nitrogens with zero attached hydrogens (tertiary/aromatic N) is 3. The van der Waals surface area contributed by atoms with E-state index in [1.807, 2.05) is 4.90 Å². The van der Waals surface area contributed by atoms with E-state index in [0.717, 1.165) is 25.7 Å². The predicted octanol–water partition coefficient (Wildman–Crippen LogP) is 2.22. The van der Waals surface area contributed by atoms with E-state index in [-0.39, 0.29) is 30.2 Å². The average Bonchev–Trinajstić information content (AvgIpc) is 2.64. The molecule has 0 N–H and O–H groups in total. The molecule has 1 amide bonds. The Morgan fingerprint density at radius 2 is 2.16 bits per heavy atom. The third-order valence-electron chi connectivity index (χ3n) is 5.14. The first-order valence-electron chi connectivity index (χ1n) is 8.69. The number of halogens is 1. The Morgan fingerprint density at radius 1 is 1.32 bits per heavy atom. The molecule has 2 aliphatic rings. The van der Waals surface area contributed by atoms with Gasteiger partial charge in [0.05, 0.1) is 36.0 Å². The lowest BCUT2D eigenvalue weighted by molar-refractivity contribution is -0.150. The lowest BCUT2D eigenvalue weighted by atomic mass is 9.90. The highest BCUT2D eigenvalue weighted by Gasteiger charge is 2.36. The van der Waals surface area contributed by atoms with Crippen LogP contribution in [-0.2, 0) is 16.1 Å². The molecule has 1 aromatic heterocycles. The Labute approximate surface area is 150 Å². The summed E-state index contributed by atoms with van der Waals surface area (Å²) in [6.07, 6.45) is 5.82. The molecule has 1 aliphatic heterocycles. The highest BCUT2D eigenvalue weighted by atomic mass is 35.5. The summed E-state index contributed by atoms with van der Waals surface area (Å²) >= 11 is 5.98. The van der Waals surface area contributed by atoms with E-state index in [1.165, 1.54) is 10.9 Å². The van der Waals surface area contributed by atoms with Gasteiger partial charge in [0.25, 0.3) is 5.56 Å². The summed E-state index contributed by atoms with van der Waals surface area (Å²) in [4.78, 5) is 31.6. The van der Waals surface area contributed by atoms with Crippen molar-refractivity contribution in [2.75, 3.05) is 13.2 Å². The van der Waals surface area contributed by atoms with Crippen molar-refractivity contribution in [3.8, 4) is 0 Å². The standard InChI is InChI=1S/C18H20ClN3O3/c19-12-5-6-14-13(9-12)18(24)21(11-20-14)10-17(23)22-7-8-25-16-4-2-1-3-15(16)22/h5-6,9,11,15-16H,1-4,7-8,10H2. The summed E-state index contributed by atoms with van der Waals surface area (Å²) in [6, 6.07) is 5.13. The summed E-state index contributed by atoms with van der Waals surface area (Å²) in [5, 5.41) is 0.911. The van der Waals surface area contributed by atoms with Gasteiger partial charge < -0.3 is 9.64 Å². The molecule has 2 aromatic rings. The summed E-state index contributed by atoms with van der Waals surface area (Å²) in [5.74, 6) is -0.0505. The van der Waals surface area contributed by atoms with E-state index in [4.69, 9.17) is 16.3 Å². The first-order chi connectivity index (χ1) is 12.1. The van der Waals surface area contributed by atoms with Gasteiger partial charge in [-0.1, -0.05) is 24.4 Å². The van der Waals surface area contributed by atoms with Crippen LogP contribution in [-0.4, -0.2) is 45.7 Å². The maximum atomic E-state index is 12.8. The van der Waals surface area contributed by atoms with Crippen molar-refractivity contribution in [3.05, 3.63) is 39.9 Å². The van der Waals surface area contributed by atoms with Crippen molar-refractivity contribution >= 4 is 28.4 Å². The topological polar surface area (TPSA) is 64.4 Å². The molecule has 0 bridgehead atoms. The fourth-order valence-corrected chi connectivity index (χ4v) is 4.06. The number of carbonyl (C=O) groups excluding carboxylic acids is 1. The van der Waals surface area contributed by atoms with Gasteiger partial charge in [-0.15, -0.1) is 0 Å². The molecule has 25 heavy (non-hydrogen) atoms. The summed E-state index contributed by atoms with van der Waals surface area (Å²) in [5.41, 5.74) is 0.339. The van der Waals surface area contributed by atoms with Crippen molar-refractivity contribution < 1.29 is 9.53 Å². The first kappa shape index (κ1) is 16.5. The van der Waals surface area contributed by atoms with Gasteiger partial charge in [-0.05, 0) is 31.0 Å². The number of benzene rings is 1. The quantitative estimate of drug-likeness (QED) is 0.822. The normalized spacial score (nSPS) is 23.5. The number of fused-ring (bicyclic) bond motifs is 2. The molecular formula is C18H20ClN3O3. The second-order valence-electron chi connectivity index (χ2n) is 6.69. The summed E-state index contributed by atoms with van der Waals surface area (Å²) in [6.45, 7) is 1.15. The minimum Gasteiger partial charge on any atom is -0.374 e. The second kappa shape index (κ2) is 6.77. The van der Waals surface area contributed by atoms with Gasteiger partial charge >= 0.3 is 0 Å². The monoisotopic (exact) mass is 361 g/mol. The Morgan fingerprint density at radius 3 is 3.04 bits per heavy atom. The van der Waals surface area contributed by atoms with Crippen molar-refractivity contribution in [3.63, 3.8) is 0 Å². The molecule has 1 saturated heterocycles. The lowest BCUT2D eigenvalue weighted by Crippen LogP contribution is -2.55. The Kier molecular flexibility index (Phi) is 4.48. The predicted molar refractivity (Wildman–Crippen MR) is 94.7 cm³/mol. The third kappa shape index (κ3) is 3.16. The molecule has 7 heteroatoms. The highest BCUT2D eigenvalue weighted by molar-refractivity contribution is 6.31. The van der Waals surface area contributed by atoms with E-state index < -0.39 is 0 Å². The van der Waals surface area contributed by atoms with Gasteiger partial charge in [-0.3, -0.25) is 14.2 Å². The SMILES string of the molecule is O=C(Cn1cnc2ccc(Cl)cc2c1=O)N1CCOC2CCCCC21. The number of morpholine rings is 1. The van der Waals surface area contributed by atoms with Gasteiger partial charge in [0.1, 0.15) is 6.54 Å². The molecule has 4 rings (SSSR count). The van der Waals surface area contributed by atoms with Crippen LogP contribution in [0.3, 0.4) is 0 Å². The zero-order valence-electron chi connectivity index (χ0n) is 13.9. The second-order valence-corrected chi connectivity index (χ2v) is 7.12. The van der Waals surface area contributed by atoms with E-state index in [1.54, 1.807) is 18.2 Å². The minimum absolute atomic E-state index is 0.00247. The van der Waals surface area contributed by atoms with E-state index >= 15 is 0 Å². The molecule has 2 heterocycles. The Bertz CT molecular complexity index is 864. The molecule has 0 spiro atoms. The zero-order valence-corrected chi connectivity index (χ0v) is 14.6. The number of hydrogen-bond acceptors (Lipinski definition) is 4. The van der Waals surface area contributed by atoms with Crippen LogP contribution in [0.15, 0.2) is 29.3 Å². The fourth-order valence-electron chi connectivity index (χ4n) is 3.89. The van der Waals surface area contributed by atoms with Gasteiger partial charge in [-0.25, -0.2) is 4.98 Å². The molecule has 6 nitrogen and oxygen atoms in total. The van der Waals surface area contributed by atoms with Crippen LogP contribution in [0.5, 0.6) is 0 Å². The van der Waals surface area contributed by atoms with Crippen molar-refractivity contribution in [2.45, 2.75) is 44.4 Å².